The first-order valence-electron chi connectivity index (χ1n) is 9.43. The van der Waals surface area contributed by atoms with Crippen LogP contribution in [0.4, 0.5) is 5.69 Å². The van der Waals surface area contributed by atoms with E-state index in [2.05, 4.69) is 20.8 Å². The lowest BCUT2D eigenvalue weighted by Crippen LogP contribution is -2.27. The van der Waals surface area contributed by atoms with Crippen molar-refractivity contribution in [1.82, 2.24) is 24.9 Å². The molecule has 0 saturated carbocycles. The van der Waals surface area contributed by atoms with E-state index in [-0.39, 0.29) is 11.5 Å². The smallest absolute Gasteiger partial charge is 0.273 e. The lowest BCUT2D eigenvalue weighted by atomic mass is 10.1. The van der Waals surface area contributed by atoms with E-state index in [4.69, 9.17) is 4.74 Å². The SMILES string of the molecule is Cn1cc2c(n1)C(=O)NCCCOc1ccc(=O)n(n1)Cc1cccc(c1)CN2. The number of carbonyl (C=O) groups excluding carboxylic acids is 1. The predicted octanol–water partition coefficient (Wildman–Crippen LogP) is 1.15. The van der Waals surface area contributed by atoms with E-state index in [0.717, 1.165) is 11.1 Å². The van der Waals surface area contributed by atoms with Crippen molar-refractivity contribution in [2.24, 2.45) is 7.05 Å². The van der Waals surface area contributed by atoms with E-state index in [1.807, 2.05) is 24.3 Å². The minimum Gasteiger partial charge on any atom is -0.477 e. The first-order valence-corrected chi connectivity index (χ1v) is 9.43. The Bertz CT molecular complexity index is 1090. The topological polar surface area (TPSA) is 103 Å². The van der Waals surface area contributed by atoms with Crippen molar-refractivity contribution in [2.45, 2.75) is 19.5 Å². The number of fused-ring (bicyclic) bond motifs is 5. The highest BCUT2D eigenvalue weighted by Crippen LogP contribution is 2.16. The van der Waals surface area contributed by atoms with Gasteiger partial charge in [-0.15, -0.1) is 5.10 Å². The van der Waals surface area contributed by atoms with Crippen molar-refractivity contribution in [2.75, 3.05) is 18.5 Å². The van der Waals surface area contributed by atoms with Gasteiger partial charge in [0.1, 0.15) is 0 Å². The summed E-state index contributed by atoms with van der Waals surface area (Å²) in [5.74, 6) is 0.142. The van der Waals surface area contributed by atoms with Crippen molar-refractivity contribution < 1.29 is 9.53 Å². The van der Waals surface area contributed by atoms with Gasteiger partial charge in [0, 0.05) is 38.5 Å². The Morgan fingerprint density at radius 1 is 1.07 bits per heavy atom. The van der Waals surface area contributed by atoms with Crippen molar-refractivity contribution in [1.29, 1.82) is 0 Å². The number of nitrogens with one attached hydrogen (secondary N) is 2. The number of benzene rings is 1. The van der Waals surface area contributed by atoms with Crippen LogP contribution in [0.3, 0.4) is 0 Å². The van der Waals surface area contributed by atoms with Crippen LogP contribution >= 0.6 is 0 Å². The maximum Gasteiger partial charge on any atom is 0.273 e. The fourth-order valence-electron chi connectivity index (χ4n) is 3.15. The van der Waals surface area contributed by atoms with Gasteiger partial charge < -0.3 is 15.4 Å². The summed E-state index contributed by atoms with van der Waals surface area (Å²) >= 11 is 0. The summed E-state index contributed by atoms with van der Waals surface area (Å²) in [5, 5.41) is 14.7. The molecule has 4 rings (SSSR count). The predicted molar refractivity (Wildman–Crippen MR) is 107 cm³/mol. The third-order valence-electron chi connectivity index (χ3n) is 4.55. The molecule has 0 saturated heterocycles. The minimum absolute atomic E-state index is 0.189. The second kappa shape index (κ2) is 8.17. The largest absolute Gasteiger partial charge is 0.477 e. The molecule has 29 heavy (non-hydrogen) atoms. The summed E-state index contributed by atoms with van der Waals surface area (Å²) in [7, 11) is 1.78. The molecular weight excluding hydrogens is 372 g/mol. The van der Waals surface area contributed by atoms with Crippen LogP contribution in [0.5, 0.6) is 5.88 Å². The summed E-state index contributed by atoms with van der Waals surface area (Å²) in [6.07, 6.45) is 2.38. The van der Waals surface area contributed by atoms with E-state index >= 15 is 0 Å². The van der Waals surface area contributed by atoms with Gasteiger partial charge in [-0.2, -0.15) is 5.10 Å². The van der Waals surface area contributed by atoms with Gasteiger partial charge in [-0.3, -0.25) is 14.3 Å². The molecule has 0 atom stereocenters. The lowest BCUT2D eigenvalue weighted by molar-refractivity contribution is 0.0946. The molecule has 3 aromatic rings. The number of ether oxygens (including phenoxy) is 1. The fourth-order valence-corrected chi connectivity index (χ4v) is 3.15. The van der Waals surface area contributed by atoms with Crippen LogP contribution in [0.2, 0.25) is 0 Å². The molecule has 1 aliphatic heterocycles. The fraction of sp³-hybridized carbons (Fsp3) is 0.300. The number of aryl methyl sites for hydroxylation is 1. The molecule has 4 bridgehead atoms. The zero-order valence-corrected chi connectivity index (χ0v) is 16.1. The molecule has 9 heteroatoms. The Hall–Kier alpha value is -3.62. The zero-order valence-electron chi connectivity index (χ0n) is 16.1. The van der Waals surface area contributed by atoms with E-state index in [9.17, 15) is 9.59 Å². The molecule has 2 N–H and O–H groups in total. The van der Waals surface area contributed by atoms with Crippen molar-refractivity contribution in [3.05, 3.63) is 69.8 Å². The van der Waals surface area contributed by atoms with Crippen LogP contribution in [0.25, 0.3) is 0 Å². The van der Waals surface area contributed by atoms with Gasteiger partial charge in [-0.1, -0.05) is 24.3 Å². The summed E-state index contributed by atoms with van der Waals surface area (Å²) < 4.78 is 8.64. The molecule has 1 amide bonds. The van der Waals surface area contributed by atoms with Crippen molar-refractivity contribution in [3.63, 3.8) is 0 Å². The molecule has 1 aliphatic rings. The summed E-state index contributed by atoms with van der Waals surface area (Å²) in [4.78, 5) is 24.7. The van der Waals surface area contributed by atoms with Crippen LogP contribution < -0.4 is 20.9 Å². The summed E-state index contributed by atoms with van der Waals surface area (Å²) in [5.41, 5.74) is 2.80. The number of amides is 1. The van der Waals surface area contributed by atoms with Gasteiger partial charge in [0.25, 0.3) is 11.5 Å². The Morgan fingerprint density at radius 2 is 1.93 bits per heavy atom. The zero-order chi connectivity index (χ0) is 20.2. The summed E-state index contributed by atoms with van der Waals surface area (Å²) in [6, 6.07) is 10.9. The number of hydrogen-bond donors (Lipinski definition) is 2. The van der Waals surface area contributed by atoms with Crippen molar-refractivity contribution >= 4 is 11.6 Å². The van der Waals surface area contributed by atoms with E-state index in [1.165, 1.54) is 10.7 Å². The lowest BCUT2D eigenvalue weighted by Gasteiger charge is -2.10. The second-order valence-corrected chi connectivity index (χ2v) is 6.86. The number of rotatable bonds is 0. The minimum atomic E-state index is -0.238. The monoisotopic (exact) mass is 394 g/mol. The van der Waals surface area contributed by atoms with Gasteiger partial charge in [-0.05, 0) is 17.5 Å². The van der Waals surface area contributed by atoms with Gasteiger partial charge in [0.15, 0.2) is 5.69 Å². The Balaban J connectivity index is 1.65. The van der Waals surface area contributed by atoms with E-state index in [0.29, 0.717) is 49.9 Å². The second-order valence-electron chi connectivity index (χ2n) is 6.86. The molecule has 9 nitrogen and oxygen atoms in total. The highest BCUT2D eigenvalue weighted by molar-refractivity contribution is 5.97. The molecule has 2 aromatic heterocycles. The molecule has 0 unspecified atom stereocenters. The molecule has 3 heterocycles. The molecule has 0 aliphatic carbocycles. The van der Waals surface area contributed by atoms with E-state index < -0.39 is 0 Å². The van der Waals surface area contributed by atoms with Crippen LogP contribution in [0, 0.1) is 0 Å². The average Bonchev–Trinajstić information content (AvgIpc) is 3.09. The van der Waals surface area contributed by atoms with Crippen LogP contribution in [-0.2, 0) is 20.1 Å². The number of carbonyl (C=O) groups is 1. The first kappa shape index (κ1) is 18.7. The third kappa shape index (κ3) is 4.45. The third-order valence-corrected chi connectivity index (χ3v) is 4.55. The van der Waals surface area contributed by atoms with Crippen LogP contribution in [-0.4, -0.2) is 38.6 Å². The number of anilines is 1. The average molecular weight is 394 g/mol. The standard InChI is InChI=1S/C20H22N6O3/c1-25-13-16-19(24-25)20(28)21-8-3-9-29-17-6-7-18(27)26(23-17)12-15-5-2-4-14(10-15)11-22-16/h2,4-7,10,13,22H,3,8-9,11-12H2,1H3,(H,21,28). The normalized spacial score (nSPS) is 14.7. The van der Waals surface area contributed by atoms with Gasteiger partial charge >= 0.3 is 0 Å². The number of nitrogens with zero attached hydrogens (tertiary/aromatic N) is 4. The van der Waals surface area contributed by atoms with E-state index in [1.54, 1.807) is 24.0 Å². The van der Waals surface area contributed by atoms with Crippen LogP contribution in [0.15, 0.2) is 47.4 Å². The molecule has 150 valence electrons. The Labute approximate surface area is 167 Å². The molecular formula is C20H22N6O3. The number of hydrogen-bond acceptors (Lipinski definition) is 6. The quantitative estimate of drug-likeness (QED) is 0.593. The molecule has 0 radical (unpaired) electrons. The van der Waals surface area contributed by atoms with Gasteiger partial charge in [-0.25, -0.2) is 4.68 Å². The van der Waals surface area contributed by atoms with Crippen LogP contribution in [0.1, 0.15) is 28.0 Å². The maximum atomic E-state index is 12.5. The maximum absolute atomic E-state index is 12.5. The van der Waals surface area contributed by atoms with Crippen molar-refractivity contribution in [3.8, 4) is 5.88 Å². The highest BCUT2D eigenvalue weighted by atomic mass is 16.5. The Morgan fingerprint density at radius 3 is 2.83 bits per heavy atom. The molecule has 1 aromatic carbocycles. The Kier molecular flexibility index (Phi) is 5.28. The summed E-state index contributed by atoms with van der Waals surface area (Å²) in [6.45, 7) is 1.68. The number of aromatic nitrogens is 4. The van der Waals surface area contributed by atoms with Gasteiger partial charge in [0.2, 0.25) is 5.88 Å². The van der Waals surface area contributed by atoms with Gasteiger partial charge in [0.05, 0.1) is 18.8 Å². The first-order chi connectivity index (χ1) is 14.1. The highest BCUT2D eigenvalue weighted by Gasteiger charge is 2.16. The molecule has 0 spiro atoms. The molecule has 0 fully saturated rings.